The van der Waals surface area contributed by atoms with Gasteiger partial charge in [0.05, 0.1) is 0 Å². The van der Waals surface area contributed by atoms with Crippen LogP contribution >= 0.6 is 0 Å². The van der Waals surface area contributed by atoms with Gasteiger partial charge in [-0.3, -0.25) is 0 Å². The molecule has 0 N–H and O–H groups in total. The van der Waals surface area contributed by atoms with Gasteiger partial charge in [0.15, 0.2) is 0 Å². The van der Waals surface area contributed by atoms with Crippen LogP contribution < -0.4 is 5.32 Å². The predicted octanol–water partition coefficient (Wildman–Crippen LogP) is 4.90. The molecule has 0 aliphatic heterocycles. The fraction of sp³-hybridized carbons (Fsp3) is 0.529. The summed E-state index contributed by atoms with van der Waals surface area (Å²) in [4.78, 5) is 0. The SMILES string of the molecule is Cn1c([Si]([18F])(C(C)(C)C)C(C)(C)C)cc2ccccc21. The first-order chi connectivity index (χ1) is 9.00. The lowest BCUT2D eigenvalue weighted by Crippen LogP contribution is -2.60. The monoisotopic (exact) mass is 290 g/mol. The van der Waals surface area contributed by atoms with Crippen molar-refractivity contribution in [2.45, 2.75) is 51.6 Å². The molecule has 1 heterocycles. The Hall–Kier alpha value is -1.09. The molecule has 3 heteroatoms. The zero-order valence-electron chi connectivity index (χ0n) is 13.7. The molecule has 0 unspecified atom stereocenters. The first-order valence-corrected chi connectivity index (χ1v) is 9.12. The molecule has 110 valence electrons. The average molecular weight is 290 g/mol. The first kappa shape index (κ1) is 15.3. The van der Waals surface area contributed by atoms with Gasteiger partial charge in [0.1, 0.15) is 0 Å². The number of fused-ring (bicyclic) bond motifs is 1. The van der Waals surface area contributed by atoms with Gasteiger partial charge in [0, 0.05) is 17.9 Å². The van der Waals surface area contributed by atoms with E-state index in [4.69, 9.17) is 0 Å². The summed E-state index contributed by atoms with van der Waals surface area (Å²) in [5.41, 5.74) is 1.12. The van der Waals surface area contributed by atoms with Crippen molar-refractivity contribution in [1.82, 2.24) is 4.57 Å². The molecule has 0 bridgehead atoms. The summed E-state index contributed by atoms with van der Waals surface area (Å²) in [6.07, 6.45) is 0. The Labute approximate surface area is 123 Å². The Morgan fingerprint density at radius 1 is 0.950 bits per heavy atom. The molecule has 0 saturated heterocycles. The number of nitrogens with zero attached hydrogens (tertiary/aromatic N) is 1. The molecule has 2 aromatic rings. The number of hydrogen-bond acceptors (Lipinski definition) is 0. The molecule has 1 aromatic heterocycles. The molecule has 1 nitrogen and oxygen atoms in total. The maximum atomic E-state index is 16.4. The Bertz CT molecular complexity index is 614. The topological polar surface area (TPSA) is 4.93 Å². The van der Waals surface area contributed by atoms with Gasteiger partial charge in [-0.1, -0.05) is 59.7 Å². The number of halogens is 1. The van der Waals surface area contributed by atoms with Crippen molar-refractivity contribution in [1.29, 1.82) is 0 Å². The highest BCUT2D eigenvalue weighted by molar-refractivity contribution is 6.90. The number of aromatic nitrogens is 1. The number of hydrogen-bond donors (Lipinski definition) is 0. The van der Waals surface area contributed by atoms with Crippen LogP contribution in [0.2, 0.25) is 10.1 Å². The minimum Gasteiger partial charge on any atom is -0.349 e. The maximum absolute atomic E-state index is 16.4. The van der Waals surface area contributed by atoms with E-state index >= 15 is 4.11 Å². The highest BCUT2D eigenvalue weighted by Gasteiger charge is 2.58. The molecule has 0 fully saturated rings. The molecule has 0 aliphatic rings. The summed E-state index contributed by atoms with van der Waals surface area (Å²) in [6.45, 7) is 12.3. The van der Waals surface area contributed by atoms with Crippen molar-refractivity contribution >= 4 is 24.6 Å². The average Bonchev–Trinajstić information content (AvgIpc) is 2.64. The molecule has 0 spiro atoms. The van der Waals surface area contributed by atoms with Crippen molar-refractivity contribution in [3.05, 3.63) is 30.3 Å². The van der Waals surface area contributed by atoms with E-state index in [-0.39, 0.29) is 10.1 Å². The maximum Gasteiger partial charge on any atom is 0.304 e. The fourth-order valence-corrected chi connectivity index (χ4v) is 8.24. The first-order valence-electron chi connectivity index (χ1n) is 7.24. The van der Waals surface area contributed by atoms with Gasteiger partial charge in [-0.15, -0.1) is 0 Å². The van der Waals surface area contributed by atoms with E-state index in [1.54, 1.807) is 0 Å². The molecule has 0 amide bonds. The van der Waals surface area contributed by atoms with E-state index in [0.717, 1.165) is 16.2 Å². The van der Waals surface area contributed by atoms with Gasteiger partial charge in [-0.2, -0.15) is 0 Å². The standard InChI is InChI=1S/C17H26FNSi/c1-16(2,3)20(18,17(4,5)6)15-12-13-10-8-9-11-14(13)19(15)7/h8-12H,1-7H3/i18-1. The molecule has 0 saturated carbocycles. The van der Waals surface area contributed by atoms with Crippen LogP contribution in [0.5, 0.6) is 0 Å². The minimum absolute atomic E-state index is 0.340. The van der Waals surface area contributed by atoms with Crippen LogP contribution in [0.25, 0.3) is 10.9 Å². The van der Waals surface area contributed by atoms with E-state index in [9.17, 15) is 0 Å². The number of aryl methyl sites for hydroxylation is 1. The molecular formula is C17H26FNSi. The van der Waals surface area contributed by atoms with Crippen LogP contribution in [0, 0.1) is 0 Å². The lowest BCUT2D eigenvalue weighted by Gasteiger charge is -2.44. The molecule has 0 aliphatic carbocycles. The van der Waals surface area contributed by atoms with Crippen LogP contribution in [0.1, 0.15) is 41.5 Å². The third-order valence-corrected chi connectivity index (χ3v) is 9.69. The number of benzene rings is 1. The Morgan fingerprint density at radius 3 is 1.90 bits per heavy atom. The Balaban J connectivity index is 2.80. The van der Waals surface area contributed by atoms with Crippen LogP contribution in [0.4, 0.5) is 4.11 Å². The Morgan fingerprint density at radius 2 is 1.45 bits per heavy atom. The highest BCUT2D eigenvalue weighted by Crippen LogP contribution is 2.51. The summed E-state index contributed by atoms with van der Waals surface area (Å²) in [5.74, 6) is 0. The fourth-order valence-electron chi connectivity index (χ4n) is 3.51. The van der Waals surface area contributed by atoms with Crippen LogP contribution in [0.15, 0.2) is 30.3 Å². The van der Waals surface area contributed by atoms with Crippen molar-refractivity contribution < 1.29 is 4.11 Å². The number of rotatable bonds is 1. The third-order valence-electron chi connectivity index (χ3n) is 4.37. The normalized spacial score (nSPS) is 14.0. The van der Waals surface area contributed by atoms with Gasteiger partial charge < -0.3 is 8.67 Å². The zero-order valence-corrected chi connectivity index (χ0v) is 14.7. The minimum atomic E-state index is -3.19. The van der Waals surface area contributed by atoms with E-state index < -0.39 is 8.41 Å². The molecule has 1 aromatic carbocycles. The Kier molecular flexibility index (Phi) is 3.41. The summed E-state index contributed by atoms with van der Waals surface area (Å²) in [5, 5.41) is 1.35. The quantitative estimate of drug-likeness (QED) is 0.520. The largest absolute Gasteiger partial charge is 0.349 e. The molecule has 2 rings (SSSR count). The summed E-state index contributed by atoms with van der Waals surface area (Å²) in [7, 11) is -1.20. The van der Waals surface area contributed by atoms with Crippen molar-refractivity contribution in [2.75, 3.05) is 0 Å². The summed E-state index contributed by atoms with van der Waals surface area (Å²) < 4.78 is 18.4. The van der Waals surface area contributed by atoms with E-state index in [2.05, 4.69) is 22.8 Å². The molecule has 0 radical (unpaired) electrons. The van der Waals surface area contributed by atoms with E-state index in [0.29, 0.717) is 0 Å². The third kappa shape index (κ3) is 2.03. The van der Waals surface area contributed by atoms with E-state index in [1.165, 1.54) is 0 Å². The van der Waals surface area contributed by atoms with Crippen molar-refractivity contribution in [2.24, 2.45) is 7.05 Å². The smallest absolute Gasteiger partial charge is 0.304 e. The lowest BCUT2D eigenvalue weighted by atomic mass is 10.2. The van der Waals surface area contributed by atoms with Gasteiger partial charge in [0.2, 0.25) is 0 Å². The van der Waals surface area contributed by atoms with Gasteiger partial charge >= 0.3 is 8.41 Å². The molecule has 20 heavy (non-hydrogen) atoms. The summed E-state index contributed by atoms with van der Waals surface area (Å²) >= 11 is 0. The van der Waals surface area contributed by atoms with Gasteiger partial charge in [-0.25, -0.2) is 0 Å². The van der Waals surface area contributed by atoms with Crippen LogP contribution in [0.3, 0.4) is 0 Å². The van der Waals surface area contributed by atoms with Gasteiger partial charge in [0.25, 0.3) is 0 Å². The molecule has 0 atom stereocenters. The predicted molar refractivity (Wildman–Crippen MR) is 88.8 cm³/mol. The second-order valence-electron chi connectivity index (χ2n) is 7.81. The summed E-state index contributed by atoms with van der Waals surface area (Å²) in [6, 6.07) is 10.2. The lowest BCUT2D eigenvalue weighted by molar-refractivity contribution is 0.530. The van der Waals surface area contributed by atoms with Crippen LogP contribution in [-0.4, -0.2) is 13.0 Å². The highest BCUT2D eigenvalue weighted by atomic mass is 28.4. The van der Waals surface area contributed by atoms with Crippen molar-refractivity contribution in [3.63, 3.8) is 0 Å². The second-order valence-corrected chi connectivity index (χ2v) is 12.6. The molecular weight excluding hydrogens is 264 g/mol. The van der Waals surface area contributed by atoms with Crippen LogP contribution in [-0.2, 0) is 7.05 Å². The van der Waals surface area contributed by atoms with Crippen molar-refractivity contribution in [3.8, 4) is 0 Å². The zero-order chi connectivity index (χ0) is 15.3. The van der Waals surface area contributed by atoms with E-state index in [1.807, 2.05) is 60.7 Å². The number of para-hydroxylation sites is 1. The van der Waals surface area contributed by atoms with Gasteiger partial charge in [-0.05, 0) is 27.6 Å². The second kappa shape index (κ2) is 4.45.